The fourth-order valence-corrected chi connectivity index (χ4v) is 1.26. The van der Waals surface area contributed by atoms with E-state index in [4.69, 9.17) is 0 Å². The summed E-state index contributed by atoms with van der Waals surface area (Å²) in [5.74, 6) is 0. The van der Waals surface area contributed by atoms with Crippen LogP contribution in [0.2, 0.25) is 0 Å². The van der Waals surface area contributed by atoms with Crippen LogP contribution in [0.15, 0.2) is 60.7 Å². The predicted octanol–water partition coefficient (Wildman–Crippen LogP) is 2.59. The molecule has 2 rings (SSSR count). The topological polar surface area (TPSA) is 0 Å². The van der Waals surface area contributed by atoms with Gasteiger partial charge in [-0.15, -0.1) is 12.4 Å². The molecular weight excluding hydrogens is 389 g/mol. The minimum Gasteiger partial charge on any atom is -0.0622 e. The number of hydrogen-bond acceptors (Lipinski definition) is 0. The summed E-state index contributed by atoms with van der Waals surface area (Å²) in [7, 11) is 0. The molecular formula is C12H14BiCl. The normalized spacial score (nSPS) is 8.29. The molecule has 0 nitrogen and oxygen atoms in total. The molecule has 0 spiro atoms. The van der Waals surface area contributed by atoms with Gasteiger partial charge in [-0.25, -0.2) is 0 Å². The van der Waals surface area contributed by atoms with Gasteiger partial charge >= 0.3 is 26.2 Å². The molecule has 2 heteroatoms. The Labute approximate surface area is 110 Å². The van der Waals surface area contributed by atoms with Crippen molar-refractivity contribution in [3.63, 3.8) is 0 Å². The zero-order valence-electron chi connectivity index (χ0n) is 7.89. The Morgan fingerprint density at radius 2 is 0.786 bits per heavy atom. The Bertz CT molecular complexity index is 308. The van der Waals surface area contributed by atoms with Gasteiger partial charge in [0, 0.05) is 0 Å². The summed E-state index contributed by atoms with van der Waals surface area (Å²) >= 11 is 0. The van der Waals surface area contributed by atoms with Gasteiger partial charge in [-0.3, -0.25) is 0 Å². The van der Waals surface area contributed by atoms with Crippen molar-refractivity contribution in [2.24, 2.45) is 0 Å². The molecule has 0 saturated heterocycles. The molecule has 0 N–H and O–H groups in total. The monoisotopic (exact) mass is 402 g/mol. The van der Waals surface area contributed by atoms with Crippen LogP contribution in [0, 0.1) is 0 Å². The van der Waals surface area contributed by atoms with Crippen molar-refractivity contribution in [2.75, 3.05) is 0 Å². The third kappa shape index (κ3) is 3.40. The van der Waals surface area contributed by atoms with E-state index in [0.717, 1.165) is 0 Å². The fraction of sp³-hybridized carbons (Fsp3) is 0. The molecule has 0 bridgehead atoms. The molecule has 0 saturated carbocycles. The summed E-state index contributed by atoms with van der Waals surface area (Å²) in [5, 5.41) is 0. The van der Waals surface area contributed by atoms with Gasteiger partial charge < -0.3 is 0 Å². The van der Waals surface area contributed by atoms with E-state index in [1.165, 1.54) is 11.1 Å². The Balaban J connectivity index is 0.000000845. The molecule has 0 aromatic heterocycles. The minimum absolute atomic E-state index is 0. The number of halogens is 1. The van der Waals surface area contributed by atoms with Gasteiger partial charge in [-0.05, 0) is 11.1 Å². The molecule has 14 heavy (non-hydrogen) atoms. The van der Waals surface area contributed by atoms with Gasteiger partial charge in [0.05, 0.1) is 0 Å². The fourth-order valence-electron chi connectivity index (χ4n) is 1.26. The molecule has 0 fully saturated rings. The van der Waals surface area contributed by atoms with Crippen molar-refractivity contribution in [1.82, 2.24) is 0 Å². The minimum atomic E-state index is 0. The Kier molecular flexibility index (Phi) is 6.79. The molecule has 0 aliphatic rings. The van der Waals surface area contributed by atoms with Crippen molar-refractivity contribution in [1.29, 1.82) is 0 Å². The van der Waals surface area contributed by atoms with Gasteiger partial charge in [0.15, 0.2) is 0 Å². The first-order valence-electron chi connectivity index (χ1n) is 4.07. The standard InChI is InChI=1S/C12H10.Bi.ClH.3H/c1-3-7-11(8-4-1)12-9-5-2-6-10-12;;;;;/h1-10H;;1H;;;. The number of benzene rings is 2. The van der Waals surface area contributed by atoms with Crippen LogP contribution in [0.3, 0.4) is 0 Å². The summed E-state index contributed by atoms with van der Waals surface area (Å²) in [6.07, 6.45) is 0. The van der Waals surface area contributed by atoms with Crippen LogP contribution in [0.4, 0.5) is 0 Å². The molecule has 0 amide bonds. The van der Waals surface area contributed by atoms with E-state index in [2.05, 4.69) is 48.5 Å². The molecule has 0 radical (unpaired) electrons. The Hall–Kier alpha value is -0.387. The maximum Gasteiger partial charge on any atom is -0.0184 e. The third-order valence-corrected chi connectivity index (χ3v) is 1.88. The van der Waals surface area contributed by atoms with Crippen LogP contribution in [-0.2, 0) is 0 Å². The molecule has 0 heterocycles. The van der Waals surface area contributed by atoms with E-state index in [1.807, 2.05) is 12.1 Å². The van der Waals surface area contributed by atoms with Crippen LogP contribution in [0.5, 0.6) is 0 Å². The summed E-state index contributed by atoms with van der Waals surface area (Å²) in [5.41, 5.74) is 2.55. The first-order chi connectivity index (χ1) is 5.97. The van der Waals surface area contributed by atoms with Crippen LogP contribution >= 0.6 is 12.4 Å². The van der Waals surface area contributed by atoms with Gasteiger partial charge in [0.2, 0.25) is 0 Å². The summed E-state index contributed by atoms with van der Waals surface area (Å²) in [4.78, 5) is 0. The maximum atomic E-state index is 2.12. The average Bonchev–Trinajstić information content (AvgIpc) is 2.21. The molecule has 2 aromatic rings. The third-order valence-electron chi connectivity index (χ3n) is 1.88. The molecule has 2 aromatic carbocycles. The van der Waals surface area contributed by atoms with Gasteiger partial charge in [-0.2, -0.15) is 0 Å². The smallest absolute Gasteiger partial charge is 0.0184 e. The van der Waals surface area contributed by atoms with Crippen LogP contribution < -0.4 is 0 Å². The van der Waals surface area contributed by atoms with E-state index in [1.54, 1.807) is 0 Å². The Morgan fingerprint density at radius 3 is 1.07 bits per heavy atom. The van der Waals surface area contributed by atoms with Crippen LogP contribution in [0.25, 0.3) is 11.1 Å². The maximum absolute atomic E-state index is 2.12. The van der Waals surface area contributed by atoms with Gasteiger partial charge in [0.1, 0.15) is 0 Å². The molecule has 0 unspecified atom stereocenters. The van der Waals surface area contributed by atoms with E-state index in [-0.39, 0.29) is 38.6 Å². The SMILES string of the molecule is Cl.[BiH3].c1ccc(-c2ccccc2)cc1. The first-order valence-corrected chi connectivity index (χ1v) is 4.07. The summed E-state index contributed by atoms with van der Waals surface area (Å²) < 4.78 is 0. The van der Waals surface area contributed by atoms with E-state index >= 15 is 0 Å². The van der Waals surface area contributed by atoms with E-state index < -0.39 is 0 Å². The van der Waals surface area contributed by atoms with Gasteiger partial charge in [-0.1, -0.05) is 60.7 Å². The summed E-state index contributed by atoms with van der Waals surface area (Å²) in [6, 6.07) is 20.8. The second-order valence-corrected chi connectivity index (χ2v) is 2.73. The van der Waals surface area contributed by atoms with Crippen molar-refractivity contribution in [3.05, 3.63) is 60.7 Å². The molecule has 0 aliphatic heterocycles. The average molecular weight is 403 g/mol. The van der Waals surface area contributed by atoms with Crippen LogP contribution in [-0.4, -0.2) is 26.2 Å². The molecule has 74 valence electrons. The van der Waals surface area contributed by atoms with Crippen molar-refractivity contribution in [2.45, 2.75) is 0 Å². The van der Waals surface area contributed by atoms with Crippen molar-refractivity contribution >= 4 is 38.6 Å². The zero-order valence-corrected chi connectivity index (χ0v) is 14.2. The first kappa shape index (κ1) is 13.6. The number of rotatable bonds is 1. The quantitative estimate of drug-likeness (QED) is 0.643. The second-order valence-electron chi connectivity index (χ2n) is 2.73. The predicted molar refractivity (Wildman–Crippen MR) is 69.1 cm³/mol. The van der Waals surface area contributed by atoms with Crippen LogP contribution in [0.1, 0.15) is 0 Å². The Morgan fingerprint density at radius 1 is 0.500 bits per heavy atom. The van der Waals surface area contributed by atoms with E-state index in [9.17, 15) is 0 Å². The zero-order chi connectivity index (χ0) is 8.23. The largest absolute Gasteiger partial charge is 0.0622 e. The second kappa shape index (κ2) is 6.98. The van der Waals surface area contributed by atoms with Crippen molar-refractivity contribution in [3.8, 4) is 11.1 Å². The number of hydrogen-bond donors (Lipinski definition) is 0. The van der Waals surface area contributed by atoms with Gasteiger partial charge in [0.25, 0.3) is 0 Å². The molecule has 0 atom stereocenters. The van der Waals surface area contributed by atoms with E-state index in [0.29, 0.717) is 0 Å². The van der Waals surface area contributed by atoms with Crippen molar-refractivity contribution < 1.29 is 0 Å². The summed E-state index contributed by atoms with van der Waals surface area (Å²) in [6.45, 7) is 0. The molecule has 0 aliphatic carbocycles.